The molecule has 1 aromatic carbocycles. The van der Waals surface area contributed by atoms with Gasteiger partial charge in [0.1, 0.15) is 11.4 Å². The Morgan fingerprint density at radius 3 is 3.15 bits per heavy atom. The number of rotatable bonds is 4. The van der Waals surface area contributed by atoms with E-state index >= 15 is 0 Å². The number of benzene rings is 1. The molecule has 1 atom stereocenters. The van der Waals surface area contributed by atoms with Gasteiger partial charge >= 0.3 is 0 Å². The zero-order valence-corrected chi connectivity index (χ0v) is 14.8. The molecular formula is C20H23N5O. The molecule has 0 spiro atoms. The quantitative estimate of drug-likeness (QED) is 0.500. The summed E-state index contributed by atoms with van der Waals surface area (Å²) in [4.78, 5) is 11.9. The Morgan fingerprint density at radius 1 is 1.31 bits per heavy atom. The lowest BCUT2D eigenvalue weighted by atomic mass is 10.0. The first-order valence-corrected chi connectivity index (χ1v) is 8.95. The van der Waals surface area contributed by atoms with Crippen LogP contribution in [0.3, 0.4) is 0 Å². The lowest BCUT2D eigenvalue weighted by Crippen LogP contribution is -2.41. The fourth-order valence-corrected chi connectivity index (χ4v) is 3.39. The maximum Gasteiger partial charge on any atom is 0.191 e. The number of nitrogens with zero attached hydrogens (tertiary/aromatic N) is 2. The van der Waals surface area contributed by atoms with E-state index in [2.05, 4.69) is 37.7 Å². The normalized spacial score (nSPS) is 16.8. The van der Waals surface area contributed by atoms with Gasteiger partial charge in [0.05, 0.1) is 12.6 Å². The van der Waals surface area contributed by atoms with Crippen LogP contribution < -0.4 is 15.4 Å². The minimum absolute atomic E-state index is 0.212. The van der Waals surface area contributed by atoms with E-state index < -0.39 is 0 Å². The van der Waals surface area contributed by atoms with E-state index in [-0.39, 0.29) is 6.04 Å². The van der Waals surface area contributed by atoms with E-state index in [1.807, 2.05) is 30.5 Å². The number of H-pyrrole nitrogens is 1. The van der Waals surface area contributed by atoms with Crippen LogP contribution in [0.2, 0.25) is 0 Å². The van der Waals surface area contributed by atoms with Crippen LogP contribution >= 0.6 is 0 Å². The maximum absolute atomic E-state index is 5.73. The van der Waals surface area contributed by atoms with Crippen LogP contribution in [0.25, 0.3) is 11.0 Å². The molecule has 3 N–H and O–H groups in total. The second kappa shape index (κ2) is 7.47. The fraction of sp³-hybridized carbons (Fsp3) is 0.300. The van der Waals surface area contributed by atoms with Crippen molar-refractivity contribution in [1.82, 2.24) is 20.6 Å². The predicted molar refractivity (Wildman–Crippen MR) is 104 cm³/mol. The smallest absolute Gasteiger partial charge is 0.191 e. The molecule has 6 nitrogen and oxygen atoms in total. The first kappa shape index (κ1) is 16.4. The molecule has 3 aromatic rings. The highest BCUT2D eigenvalue weighted by molar-refractivity contribution is 5.81. The average Bonchev–Trinajstić information content (AvgIpc) is 3.10. The molecule has 0 bridgehead atoms. The predicted octanol–water partition coefficient (Wildman–Crippen LogP) is 2.79. The fourth-order valence-electron chi connectivity index (χ4n) is 3.39. The van der Waals surface area contributed by atoms with Crippen molar-refractivity contribution in [2.75, 3.05) is 20.2 Å². The average molecular weight is 349 g/mol. The molecule has 0 amide bonds. The van der Waals surface area contributed by atoms with Gasteiger partial charge < -0.3 is 20.4 Å². The first-order valence-electron chi connectivity index (χ1n) is 8.95. The number of aliphatic imine (C=N–C) groups is 1. The molecule has 0 saturated heterocycles. The Labute approximate surface area is 152 Å². The molecule has 26 heavy (non-hydrogen) atoms. The van der Waals surface area contributed by atoms with Gasteiger partial charge in [0.25, 0.3) is 0 Å². The Bertz CT molecular complexity index is 917. The molecule has 0 saturated carbocycles. The number of ether oxygens (including phenoxy) is 1. The lowest BCUT2D eigenvalue weighted by molar-refractivity contribution is 0.261. The largest absolute Gasteiger partial charge is 0.493 e. The molecule has 6 heteroatoms. The van der Waals surface area contributed by atoms with Crippen LogP contribution in [0, 0.1) is 0 Å². The van der Waals surface area contributed by atoms with Gasteiger partial charge in [-0.1, -0.05) is 18.2 Å². The molecule has 3 heterocycles. The highest BCUT2D eigenvalue weighted by atomic mass is 16.5. The van der Waals surface area contributed by atoms with E-state index in [9.17, 15) is 0 Å². The Balaban J connectivity index is 1.37. The van der Waals surface area contributed by atoms with Crippen LogP contribution in [-0.4, -0.2) is 36.1 Å². The zero-order chi connectivity index (χ0) is 17.8. The third-order valence-corrected chi connectivity index (χ3v) is 4.72. The summed E-state index contributed by atoms with van der Waals surface area (Å²) in [5.74, 6) is 1.77. The van der Waals surface area contributed by atoms with Crippen molar-refractivity contribution in [2.45, 2.75) is 18.9 Å². The Morgan fingerprint density at radius 2 is 2.23 bits per heavy atom. The van der Waals surface area contributed by atoms with Gasteiger partial charge in [-0.2, -0.15) is 0 Å². The first-order chi connectivity index (χ1) is 12.8. The highest BCUT2D eigenvalue weighted by Gasteiger charge is 2.21. The van der Waals surface area contributed by atoms with Gasteiger partial charge in [-0.25, -0.2) is 4.98 Å². The summed E-state index contributed by atoms with van der Waals surface area (Å²) in [6.07, 6.45) is 5.66. The van der Waals surface area contributed by atoms with E-state index in [1.54, 1.807) is 13.2 Å². The summed E-state index contributed by atoms with van der Waals surface area (Å²) in [7, 11) is 1.80. The number of para-hydroxylation sites is 1. The van der Waals surface area contributed by atoms with Gasteiger partial charge in [0, 0.05) is 43.4 Å². The van der Waals surface area contributed by atoms with Crippen molar-refractivity contribution in [1.29, 1.82) is 0 Å². The number of aromatic amines is 1. The standard InChI is InChI=1S/C20H23N5O/c1-21-20(25-17-9-12-26-18-7-3-2-5-16(17)18)23-11-8-14-13-24-19-15(14)6-4-10-22-19/h2-7,10,13,17H,8-9,11-12H2,1H3,(H,22,24)(H2,21,23,25). The Kier molecular flexibility index (Phi) is 4.73. The van der Waals surface area contributed by atoms with Gasteiger partial charge in [-0.15, -0.1) is 0 Å². The van der Waals surface area contributed by atoms with E-state index in [1.165, 1.54) is 16.5 Å². The number of hydrogen-bond acceptors (Lipinski definition) is 3. The highest BCUT2D eigenvalue weighted by Crippen LogP contribution is 2.31. The molecule has 2 aromatic heterocycles. The number of aromatic nitrogens is 2. The molecule has 0 aliphatic carbocycles. The molecule has 1 aliphatic rings. The number of nitrogens with one attached hydrogen (secondary N) is 3. The van der Waals surface area contributed by atoms with Crippen molar-refractivity contribution in [2.24, 2.45) is 4.99 Å². The molecule has 1 aliphatic heterocycles. The number of pyridine rings is 1. The van der Waals surface area contributed by atoms with Crippen LogP contribution in [0.1, 0.15) is 23.6 Å². The van der Waals surface area contributed by atoms with Crippen molar-refractivity contribution in [3.63, 3.8) is 0 Å². The minimum atomic E-state index is 0.212. The number of guanidine groups is 1. The van der Waals surface area contributed by atoms with Crippen LogP contribution in [0.15, 0.2) is 53.8 Å². The SMILES string of the molecule is CN=C(NCCc1c[nH]c2ncccc12)NC1CCOc2ccccc21. The summed E-state index contributed by atoms with van der Waals surface area (Å²) in [6.45, 7) is 1.51. The third-order valence-electron chi connectivity index (χ3n) is 4.72. The van der Waals surface area contributed by atoms with E-state index in [0.717, 1.165) is 36.7 Å². The van der Waals surface area contributed by atoms with Gasteiger partial charge in [0.15, 0.2) is 5.96 Å². The van der Waals surface area contributed by atoms with Crippen LogP contribution in [0.5, 0.6) is 5.75 Å². The van der Waals surface area contributed by atoms with Crippen molar-refractivity contribution in [3.05, 3.63) is 59.9 Å². The van der Waals surface area contributed by atoms with Crippen LogP contribution in [0.4, 0.5) is 0 Å². The van der Waals surface area contributed by atoms with Gasteiger partial charge in [-0.05, 0) is 30.2 Å². The molecular weight excluding hydrogens is 326 g/mol. The minimum Gasteiger partial charge on any atom is -0.493 e. The summed E-state index contributed by atoms with van der Waals surface area (Å²) in [5, 5.41) is 8.11. The summed E-state index contributed by atoms with van der Waals surface area (Å²) in [5.41, 5.74) is 3.38. The van der Waals surface area contributed by atoms with E-state index in [4.69, 9.17) is 4.74 Å². The number of fused-ring (bicyclic) bond motifs is 2. The van der Waals surface area contributed by atoms with Crippen molar-refractivity contribution in [3.8, 4) is 5.75 Å². The monoisotopic (exact) mass is 349 g/mol. The third kappa shape index (κ3) is 3.35. The molecule has 0 radical (unpaired) electrons. The summed E-state index contributed by atoms with van der Waals surface area (Å²) in [6, 6.07) is 12.5. The summed E-state index contributed by atoms with van der Waals surface area (Å²) >= 11 is 0. The molecule has 134 valence electrons. The summed E-state index contributed by atoms with van der Waals surface area (Å²) < 4.78 is 5.73. The maximum atomic E-state index is 5.73. The lowest BCUT2D eigenvalue weighted by Gasteiger charge is -2.28. The van der Waals surface area contributed by atoms with Gasteiger partial charge in [-0.3, -0.25) is 4.99 Å². The molecule has 4 rings (SSSR count). The Hall–Kier alpha value is -3.02. The van der Waals surface area contributed by atoms with Crippen molar-refractivity contribution < 1.29 is 4.74 Å². The molecule has 0 fully saturated rings. The number of hydrogen-bond donors (Lipinski definition) is 3. The molecule has 1 unspecified atom stereocenters. The van der Waals surface area contributed by atoms with Gasteiger partial charge in [0.2, 0.25) is 0 Å². The van der Waals surface area contributed by atoms with E-state index in [0.29, 0.717) is 6.61 Å². The van der Waals surface area contributed by atoms with Crippen LogP contribution in [-0.2, 0) is 6.42 Å². The second-order valence-corrected chi connectivity index (χ2v) is 6.33. The second-order valence-electron chi connectivity index (χ2n) is 6.33. The van der Waals surface area contributed by atoms with Crippen molar-refractivity contribution >= 4 is 17.0 Å². The topological polar surface area (TPSA) is 74.3 Å². The zero-order valence-electron chi connectivity index (χ0n) is 14.8.